The van der Waals surface area contributed by atoms with Gasteiger partial charge in [-0.3, -0.25) is 4.79 Å². The van der Waals surface area contributed by atoms with E-state index in [1.165, 1.54) is 5.56 Å². The number of fused-ring (bicyclic) bond motifs is 3. The number of benzene rings is 3. The number of aromatic amines is 1. The molecule has 0 fully saturated rings. The summed E-state index contributed by atoms with van der Waals surface area (Å²) in [5.41, 5.74) is 3.36. The maximum absolute atomic E-state index is 13.1. The molecule has 0 saturated heterocycles. The monoisotopic (exact) mass is 529 g/mol. The number of nitrogens with one attached hydrogen (secondary N) is 2. The topological polar surface area (TPSA) is 85.1 Å². The number of hydrogen-bond acceptors (Lipinski definition) is 6. The molecule has 194 valence electrons. The molecule has 6 rings (SSSR count). The second-order valence-corrected chi connectivity index (χ2v) is 9.60. The molecule has 4 aromatic rings. The second-order valence-electron chi connectivity index (χ2n) is 9.22. The Hall–Kier alpha value is -4.24. The Labute approximate surface area is 225 Å². The molecule has 38 heavy (non-hydrogen) atoms. The van der Waals surface area contributed by atoms with Crippen molar-refractivity contribution in [1.29, 1.82) is 0 Å². The van der Waals surface area contributed by atoms with E-state index in [1.54, 1.807) is 0 Å². The molecule has 0 spiro atoms. The highest BCUT2D eigenvalue weighted by Gasteiger charge is 2.19. The van der Waals surface area contributed by atoms with Crippen molar-refractivity contribution in [1.82, 2.24) is 15.2 Å². The standard InChI is InChI=1S/C29H27N3O5S/c33-28-22(13-21-14-26-27(15-23(21)31-28)35-11-10-34-26)17-32(16-20-6-7-24-25(12-20)37-18-36-24)29(38)30-9-8-19-4-2-1-3-5-19/h1-7,12-15H,8-11,16-18H2,(H,30,38)(H,31,33). The number of thiocarbonyl (C=S) groups is 1. The van der Waals surface area contributed by atoms with Crippen LogP contribution >= 0.6 is 12.2 Å². The van der Waals surface area contributed by atoms with Crippen molar-refractivity contribution in [2.24, 2.45) is 0 Å². The quantitative estimate of drug-likeness (QED) is 0.346. The third-order valence-electron chi connectivity index (χ3n) is 6.58. The molecule has 0 aliphatic carbocycles. The maximum atomic E-state index is 13.1. The van der Waals surface area contributed by atoms with Gasteiger partial charge in [0.2, 0.25) is 6.79 Å². The van der Waals surface area contributed by atoms with Crippen molar-refractivity contribution in [2.45, 2.75) is 19.5 Å². The average molecular weight is 530 g/mol. The highest BCUT2D eigenvalue weighted by atomic mass is 32.1. The van der Waals surface area contributed by atoms with E-state index in [0.717, 1.165) is 23.1 Å². The first kappa shape index (κ1) is 24.1. The van der Waals surface area contributed by atoms with Crippen molar-refractivity contribution in [3.8, 4) is 23.0 Å². The third kappa shape index (κ3) is 5.24. The van der Waals surface area contributed by atoms with Crippen LogP contribution in [-0.4, -0.2) is 41.5 Å². The van der Waals surface area contributed by atoms with E-state index < -0.39 is 0 Å². The van der Waals surface area contributed by atoms with Gasteiger partial charge in [-0.2, -0.15) is 0 Å². The van der Waals surface area contributed by atoms with Gasteiger partial charge in [-0.15, -0.1) is 0 Å². The van der Waals surface area contributed by atoms with Gasteiger partial charge in [0.25, 0.3) is 5.56 Å². The predicted molar refractivity (Wildman–Crippen MR) is 148 cm³/mol. The summed E-state index contributed by atoms with van der Waals surface area (Å²) in [6.07, 6.45) is 0.836. The number of aromatic nitrogens is 1. The average Bonchev–Trinajstić information content (AvgIpc) is 3.40. The molecule has 0 saturated carbocycles. The number of nitrogens with zero attached hydrogens (tertiary/aromatic N) is 1. The highest BCUT2D eigenvalue weighted by molar-refractivity contribution is 7.80. The summed E-state index contributed by atoms with van der Waals surface area (Å²) < 4.78 is 22.4. The van der Waals surface area contributed by atoms with E-state index in [9.17, 15) is 4.79 Å². The van der Waals surface area contributed by atoms with Gasteiger partial charge in [-0.25, -0.2) is 0 Å². The van der Waals surface area contributed by atoms with Crippen LogP contribution in [0.25, 0.3) is 10.9 Å². The molecule has 0 atom stereocenters. The van der Waals surface area contributed by atoms with E-state index in [4.69, 9.17) is 31.2 Å². The van der Waals surface area contributed by atoms with Crippen molar-refractivity contribution >= 4 is 28.2 Å². The van der Waals surface area contributed by atoms with Crippen LogP contribution < -0.4 is 29.8 Å². The van der Waals surface area contributed by atoms with Gasteiger partial charge in [-0.1, -0.05) is 36.4 Å². The normalized spacial score (nSPS) is 13.4. The summed E-state index contributed by atoms with van der Waals surface area (Å²) in [7, 11) is 0. The minimum Gasteiger partial charge on any atom is -0.486 e. The number of rotatable bonds is 7. The van der Waals surface area contributed by atoms with Gasteiger partial charge < -0.3 is 34.1 Å². The lowest BCUT2D eigenvalue weighted by atomic mass is 10.1. The third-order valence-corrected chi connectivity index (χ3v) is 6.98. The molecule has 3 heterocycles. The lowest BCUT2D eigenvalue weighted by molar-refractivity contribution is 0.172. The smallest absolute Gasteiger partial charge is 0.253 e. The van der Waals surface area contributed by atoms with Crippen molar-refractivity contribution in [3.63, 3.8) is 0 Å². The van der Waals surface area contributed by atoms with Crippen molar-refractivity contribution in [3.05, 3.63) is 93.8 Å². The molecule has 2 aliphatic rings. The largest absolute Gasteiger partial charge is 0.486 e. The second kappa shape index (κ2) is 10.6. The number of ether oxygens (including phenoxy) is 4. The molecular weight excluding hydrogens is 502 g/mol. The summed E-state index contributed by atoms with van der Waals surface area (Å²) in [6, 6.07) is 21.7. The predicted octanol–water partition coefficient (Wildman–Crippen LogP) is 4.15. The Bertz CT molecular complexity index is 1540. The Morgan fingerprint density at radius 1 is 0.842 bits per heavy atom. The zero-order valence-electron chi connectivity index (χ0n) is 20.7. The molecule has 2 aliphatic heterocycles. The van der Waals surface area contributed by atoms with Gasteiger partial charge in [0, 0.05) is 30.1 Å². The minimum absolute atomic E-state index is 0.169. The van der Waals surface area contributed by atoms with Crippen LogP contribution in [0.5, 0.6) is 23.0 Å². The molecule has 0 bridgehead atoms. The van der Waals surface area contributed by atoms with Crippen LogP contribution in [0.1, 0.15) is 16.7 Å². The van der Waals surface area contributed by atoms with Gasteiger partial charge in [0.15, 0.2) is 28.1 Å². The first-order valence-corrected chi connectivity index (χ1v) is 12.9. The molecule has 0 unspecified atom stereocenters. The number of pyridine rings is 1. The molecule has 8 nitrogen and oxygen atoms in total. The molecule has 9 heteroatoms. The van der Waals surface area contributed by atoms with Crippen LogP contribution in [0.4, 0.5) is 0 Å². The first-order chi connectivity index (χ1) is 18.6. The van der Waals surface area contributed by atoms with E-state index >= 15 is 0 Å². The molecule has 3 aromatic carbocycles. The number of H-pyrrole nitrogens is 1. The summed E-state index contributed by atoms with van der Waals surface area (Å²) in [4.78, 5) is 18.1. The Kier molecular flexibility index (Phi) is 6.75. The summed E-state index contributed by atoms with van der Waals surface area (Å²) in [5, 5.41) is 4.81. The van der Waals surface area contributed by atoms with Crippen LogP contribution in [-0.2, 0) is 19.5 Å². The zero-order valence-corrected chi connectivity index (χ0v) is 21.5. The summed E-state index contributed by atoms with van der Waals surface area (Å²) >= 11 is 5.82. The molecule has 1 aromatic heterocycles. The first-order valence-electron chi connectivity index (χ1n) is 12.5. The molecular formula is C29H27N3O5S. The maximum Gasteiger partial charge on any atom is 0.253 e. The van der Waals surface area contributed by atoms with E-state index in [0.29, 0.717) is 66.3 Å². The fraction of sp³-hybridized carbons (Fsp3) is 0.241. The molecule has 0 radical (unpaired) electrons. The van der Waals surface area contributed by atoms with Gasteiger partial charge in [-0.05, 0) is 54.0 Å². The van der Waals surface area contributed by atoms with Crippen LogP contribution in [0.3, 0.4) is 0 Å². The van der Waals surface area contributed by atoms with Gasteiger partial charge in [0.1, 0.15) is 13.2 Å². The highest BCUT2D eigenvalue weighted by Crippen LogP contribution is 2.34. The SMILES string of the molecule is O=c1[nH]c2cc3c(cc2cc1CN(Cc1ccc2c(c1)OCO2)C(=S)NCCc1ccccc1)OCCO3. The fourth-order valence-corrected chi connectivity index (χ4v) is 4.87. The van der Waals surface area contributed by atoms with Crippen LogP contribution in [0.2, 0.25) is 0 Å². The molecule has 0 amide bonds. The van der Waals surface area contributed by atoms with E-state index in [-0.39, 0.29) is 12.4 Å². The minimum atomic E-state index is -0.169. The lowest BCUT2D eigenvalue weighted by Gasteiger charge is -2.26. The zero-order chi connectivity index (χ0) is 25.9. The van der Waals surface area contributed by atoms with Crippen molar-refractivity contribution in [2.75, 3.05) is 26.6 Å². The van der Waals surface area contributed by atoms with Gasteiger partial charge >= 0.3 is 0 Å². The van der Waals surface area contributed by atoms with Crippen LogP contribution in [0, 0.1) is 0 Å². The van der Waals surface area contributed by atoms with Gasteiger partial charge in [0.05, 0.1) is 12.1 Å². The Morgan fingerprint density at radius 2 is 1.61 bits per heavy atom. The summed E-state index contributed by atoms with van der Waals surface area (Å²) in [6.45, 7) is 2.70. The summed E-state index contributed by atoms with van der Waals surface area (Å²) in [5.74, 6) is 2.75. The molecule has 2 N–H and O–H groups in total. The number of hydrogen-bond donors (Lipinski definition) is 2. The fourth-order valence-electron chi connectivity index (χ4n) is 4.64. The Morgan fingerprint density at radius 3 is 2.45 bits per heavy atom. The lowest BCUT2D eigenvalue weighted by Crippen LogP contribution is -2.40. The Balaban J connectivity index is 1.25. The van der Waals surface area contributed by atoms with E-state index in [1.807, 2.05) is 59.5 Å². The van der Waals surface area contributed by atoms with Crippen molar-refractivity contribution < 1.29 is 18.9 Å². The van der Waals surface area contributed by atoms with E-state index in [2.05, 4.69) is 22.4 Å². The van der Waals surface area contributed by atoms with Crippen LogP contribution in [0.15, 0.2) is 71.5 Å².